The van der Waals surface area contributed by atoms with Crippen LogP contribution in [-0.4, -0.2) is 85.4 Å². The van der Waals surface area contributed by atoms with E-state index in [9.17, 15) is 18.0 Å². The first kappa shape index (κ1) is 29.2. The van der Waals surface area contributed by atoms with Crippen molar-refractivity contribution in [3.63, 3.8) is 0 Å². The third-order valence-electron chi connectivity index (χ3n) is 7.00. The number of piperidine rings is 1. The highest BCUT2D eigenvalue weighted by Gasteiger charge is 2.38. The van der Waals surface area contributed by atoms with Crippen LogP contribution in [0.15, 0.2) is 16.8 Å². The SMILES string of the molecule is CCn1ncc2c(NC3CCOCC3)c(-c3nnc(CC4CCN(C(C)=O)CC4)o3)cnc21.O=C(O)C(F)(F)F. The summed E-state index contributed by atoms with van der Waals surface area (Å²) in [6, 6.07) is 0.307. The van der Waals surface area contributed by atoms with Crippen molar-refractivity contribution in [2.75, 3.05) is 31.6 Å². The average Bonchev–Trinajstić information content (AvgIpc) is 3.57. The van der Waals surface area contributed by atoms with Crippen molar-refractivity contribution < 1.29 is 37.0 Å². The number of carbonyl (C=O) groups excluding carboxylic acids is 1. The number of nitrogens with zero attached hydrogens (tertiary/aromatic N) is 6. The van der Waals surface area contributed by atoms with Crippen LogP contribution in [0.4, 0.5) is 18.9 Å². The van der Waals surface area contributed by atoms with E-state index in [2.05, 4.69) is 32.5 Å². The van der Waals surface area contributed by atoms with Gasteiger partial charge in [0.15, 0.2) is 5.65 Å². The lowest BCUT2D eigenvalue weighted by molar-refractivity contribution is -0.192. The molecule has 2 fully saturated rings. The fraction of sp³-hybridized carbons (Fsp3) is 0.600. The first-order chi connectivity index (χ1) is 19.1. The predicted molar refractivity (Wildman–Crippen MR) is 136 cm³/mol. The normalized spacial score (nSPS) is 17.0. The van der Waals surface area contributed by atoms with Gasteiger partial charge in [-0.3, -0.25) is 4.79 Å². The summed E-state index contributed by atoms with van der Waals surface area (Å²) in [4.78, 5) is 27.0. The Bertz CT molecular complexity index is 1310. The van der Waals surface area contributed by atoms with E-state index in [4.69, 9.17) is 19.1 Å². The van der Waals surface area contributed by atoms with Crippen molar-refractivity contribution in [1.29, 1.82) is 0 Å². The molecule has 1 amide bonds. The predicted octanol–water partition coefficient (Wildman–Crippen LogP) is 3.53. The smallest absolute Gasteiger partial charge is 0.475 e. The standard InChI is InChI=1S/C23H31N7O3.C2HF3O2/c1-3-30-22-18(14-25-30)21(26-17-6-10-32-11-7-17)19(13-24-22)23-28-27-20(33-23)12-16-4-8-29(9-5-16)15(2)31;3-2(4,5)1(6)7/h13-14,16-17H,3-12H2,1-2H3,(H,24,26);(H,6,7). The molecule has 218 valence electrons. The Morgan fingerprint density at radius 3 is 2.40 bits per heavy atom. The number of carboxylic acid groups (broad SMARTS) is 1. The number of hydrogen-bond donors (Lipinski definition) is 2. The first-order valence-corrected chi connectivity index (χ1v) is 13.1. The number of anilines is 1. The first-order valence-electron chi connectivity index (χ1n) is 13.1. The van der Waals surface area contributed by atoms with Crippen molar-refractivity contribution in [2.24, 2.45) is 5.92 Å². The summed E-state index contributed by atoms with van der Waals surface area (Å²) in [7, 11) is 0. The molecule has 2 saturated heterocycles. The topological polar surface area (TPSA) is 148 Å². The van der Waals surface area contributed by atoms with E-state index in [1.165, 1.54) is 0 Å². The molecule has 0 aromatic carbocycles. The fourth-order valence-electron chi connectivity index (χ4n) is 4.77. The molecule has 0 bridgehead atoms. The Balaban J connectivity index is 0.000000470. The minimum Gasteiger partial charge on any atom is -0.475 e. The van der Waals surface area contributed by atoms with Gasteiger partial charge >= 0.3 is 12.1 Å². The zero-order valence-corrected chi connectivity index (χ0v) is 22.3. The number of likely N-dealkylation sites (tertiary alicyclic amines) is 1. The second kappa shape index (κ2) is 12.6. The maximum atomic E-state index is 11.6. The summed E-state index contributed by atoms with van der Waals surface area (Å²) < 4.78 is 45.3. The molecule has 0 unspecified atom stereocenters. The number of alkyl halides is 3. The van der Waals surface area contributed by atoms with Gasteiger partial charge in [0.05, 0.1) is 22.8 Å². The number of ether oxygens (including phenoxy) is 1. The van der Waals surface area contributed by atoms with Crippen LogP contribution in [0, 0.1) is 5.92 Å². The number of rotatable bonds is 6. The second-order valence-electron chi connectivity index (χ2n) is 9.73. The minimum absolute atomic E-state index is 0.146. The number of aromatic nitrogens is 5. The Morgan fingerprint density at radius 2 is 1.80 bits per heavy atom. The third-order valence-corrected chi connectivity index (χ3v) is 7.00. The van der Waals surface area contributed by atoms with Crippen molar-refractivity contribution in [1.82, 2.24) is 29.9 Å². The molecule has 40 heavy (non-hydrogen) atoms. The number of amides is 1. The molecule has 3 aromatic heterocycles. The summed E-state index contributed by atoms with van der Waals surface area (Å²) in [5, 5.41) is 25.0. The lowest BCUT2D eigenvalue weighted by Gasteiger charge is -2.30. The molecule has 5 rings (SSSR count). The van der Waals surface area contributed by atoms with Gasteiger partial charge in [-0.1, -0.05) is 0 Å². The summed E-state index contributed by atoms with van der Waals surface area (Å²) >= 11 is 0. The number of halogens is 3. The van der Waals surface area contributed by atoms with Crippen molar-refractivity contribution in [3.05, 3.63) is 18.3 Å². The van der Waals surface area contributed by atoms with Gasteiger partial charge < -0.3 is 24.5 Å². The summed E-state index contributed by atoms with van der Waals surface area (Å²) in [6.45, 7) is 7.53. The van der Waals surface area contributed by atoms with E-state index < -0.39 is 12.1 Å². The van der Waals surface area contributed by atoms with Crippen LogP contribution in [0.5, 0.6) is 0 Å². The van der Waals surface area contributed by atoms with E-state index >= 15 is 0 Å². The Kier molecular flexibility index (Phi) is 9.22. The third kappa shape index (κ3) is 7.06. The lowest BCUT2D eigenvalue weighted by atomic mass is 9.93. The Labute approximate surface area is 227 Å². The van der Waals surface area contributed by atoms with Gasteiger partial charge in [-0.2, -0.15) is 18.3 Å². The molecule has 3 aromatic rings. The van der Waals surface area contributed by atoms with Crippen LogP contribution >= 0.6 is 0 Å². The van der Waals surface area contributed by atoms with Crippen LogP contribution in [0.2, 0.25) is 0 Å². The van der Waals surface area contributed by atoms with E-state index in [-0.39, 0.29) is 5.91 Å². The molecular weight excluding hydrogens is 535 g/mol. The molecule has 15 heteroatoms. The van der Waals surface area contributed by atoms with E-state index in [1.54, 1.807) is 13.1 Å². The van der Waals surface area contributed by atoms with Crippen LogP contribution in [-0.2, 0) is 27.3 Å². The molecule has 0 saturated carbocycles. The van der Waals surface area contributed by atoms with E-state index in [0.29, 0.717) is 23.7 Å². The quantitative estimate of drug-likeness (QED) is 0.453. The molecular formula is C25H32F3N7O5. The summed E-state index contributed by atoms with van der Waals surface area (Å²) in [6.07, 6.45) is 3.11. The van der Waals surface area contributed by atoms with E-state index in [1.807, 2.05) is 15.8 Å². The molecule has 0 radical (unpaired) electrons. The number of nitrogens with one attached hydrogen (secondary N) is 1. The van der Waals surface area contributed by atoms with Gasteiger partial charge in [-0.15, -0.1) is 10.2 Å². The number of aryl methyl sites for hydroxylation is 1. The van der Waals surface area contributed by atoms with Crippen molar-refractivity contribution in [2.45, 2.75) is 64.7 Å². The highest BCUT2D eigenvalue weighted by Crippen LogP contribution is 2.35. The van der Waals surface area contributed by atoms with Crippen molar-refractivity contribution >= 4 is 28.6 Å². The molecule has 0 spiro atoms. The van der Waals surface area contributed by atoms with Gasteiger partial charge in [0.2, 0.25) is 11.8 Å². The monoisotopic (exact) mass is 567 g/mol. The van der Waals surface area contributed by atoms with Crippen LogP contribution < -0.4 is 5.32 Å². The molecule has 2 N–H and O–H groups in total. The maximum absolute atomic E-state index is 11.6. The number of fused-ring (bicyclic) bond motifs is 1. The Morgan fingerprint density at radius 1 is 1.12 bits per heavy atom. The molecule has 2 aliphatic heterocycles. The molecule has 5 heterocycles. The number of carbonyl (C=O) groups is 2. The van der Waals surface area contributed by atoms with Crippen molar-refractivity contribution in [3.8, 4) is 11.5 Å². The fourth-order valence-corrected chi connectivity index (χ4v) is 4.77. The molecule has 0 atom stereocenters. The largest absolute Gasteiger partial charge is 0.490 e. The maximum Gasteiger partial charge on any atom is 0.490 e. The average molecular weight is 568 g/mol. The van der Waals surface area contributed by atoms with Crippen LogP contribution in [0.25, 0.3) is 22.5 Å². The second-order valence-corrected chi connectivity index (χ2v) is 9.73. The number of carboxylic acids is 1. The Hall–Kier alpha value is -3.75. The lowest BCUT2D eigenvalue weighted by Crippen LogP contribution is -2.37. The zero-order valence-electron chi connectivity index (χ0n) is 22.3. The van der Waals surface area contributed by atoms with Gasteiger partial charge in [0.25, 0.3) is 5.89 Å². The van der Waals surface area contributed by atoms with Gasteiger partial charge in [0, 0.05) is 58.4 Å². The highest BCUT2D eigenvalue weighted by atomic mass is 19.4. The number of pyridine rings is 1. The molecule has 12 nitrogen and oxygen atoms in total. The number of hydrogen-bond acceptors (Lipinski definition) is 9. The van der Waals surface area contributed by atoms with Gasteiger partial charge in [0.1, 0.15) is 0 Å². The summed E-state index contributed by atoms with van der Waals surface area (Å²) in [5.41, 5.74) is 2.58. The highest BCUT2D eigenvalue weighted by molar-refractivity contribution is 5.96. The van der Waals surface area contributed by atoms with Gasteiger partial charge in [-0.05, 0) is 38.5 Å². The van der Waals surface area contributed by atoms with E-state index in [0.717, 1.165) is 87.2 Å². The van der Waals surface area contributed by atoms with Crippen LogP contribution in [0.3, 0.4) is 0 Å². The molecule has 2 aliphatic rings. The zero-order chi connectivity index (χ0) is 28.9. The minimum atomic E-state index is -5.08. The van der Waals surface area contributed by atoms with Gasteiger partial charge in [-0.25, -0.2) is 14.5 Å². The number of aliphatic carboxylic acids is 1. The summed E-state index contributed by atoms with van der Waals surface area (Å²) in [5.74, 6) is -1.07. The molecule has 0 aliphatic carbocycles. The van der Waals surface area contributed by atoms with Crippen LogP contribution in [0.1, 0.15) is 45.4 Å².